The highest BCUT2D eigenvalue weighted by Crippen LogP contribution is 2.24. The van der Waals surface area contributed by atoms with Gasteiger partial charge in [0.2, 0.25) is 0 Å². The Labute approximate surface area is 125 Å². The summed E-state index contributed by atoms with van der Waals surface area (Å²) in [6.07, 6.45) is 1.17. The molecule has 2 atom stereocenters. The third-order valence-electron chi connectivity index (χ3n) is 4.26. The fourth-order valence-electron chi connectivity index (χ4n) is 2.47. The highest BCUT2D eigenvalue weighted by molar-refractivity contribution is 5.29. The van der Waals surface area contributed by atoms with Crippen molar-refractivity contribution in [3.63, 3.8) is 0 Å². The van der Waals surface area contributed by atoms with E-state index >= 15 is 0 Å². The number of nitrogens with two attached hydrogens (primary N) is 1. The molecule has 0 bridgehead atoms. The van der Waals surface area contributed by atoms with Crippen LogP contribution in [-0.2, 0) is 5.41 Å². The van der Waals surface area contributed by atoms with Gasteiger partial charge in [-0.15, -0.1) is 0 Å². The molecule has 0 aliphatic rings. The van der Waals surface area contributed by atoms with Crippen LogP contribution in [0.4, 0.5) is 0 Å². The van der Waals surface area contributed by atoms with Crippen molar-refractivity contribution in [2.24, 2.45) is 5.73 Å². The van der Waals surface area contributed by atoms with Crippen LogP contribution in [0.2, 0.25) is 0 Å². The summed E-state index contributed by atoms with van der Waals surface area (Å²) >= 11 is 0. The average Bonchev–Trinajstić information content (AvgIpc) is 2.42. The van der Waals surface area contributed by atoms with E-state index < -0.39 is 0 Å². The number of nitrogens with zero attached hydrogens (tertiary/aromatic N) is 1. The first-order valence-electron chi connectivity index (χ1n) is 7.89. The van der Waals surface area contributed by atoms with Crippen molar-refractivity contribution in [2.45, 2.75) is 65.5 Å². The number of hydrogen-bond acceptors (Lipinski definition) is 2. The van der Waals surface area contributed by atoms with Gasteiger partial charge in [-0.1, -0.05) is 58.9 Å². The number of rotatable bonds is 6. The molecule has 2 heteroatoms. The number of benzene rings is 1. The van der Waals surface area contributed by atoms with Crippen LogP contribution in [0.3, 0.4) is 0 Å². The molecular weight excluding hydrogens is 244 g/mol. The normalized spacial score (nSPS) is 15.4. The molecule has 0 heterocycles. The second-order valence-electron chi connectivity index (χ2n) is 6.82. The van der Waals surface area contributed by atoms with Crippen LogP contribution in [-0.4, -0.2) is 24.0 Å². The lowest BCUT2D eigenvalue weighted by molar-refractivity contribution is 0.202. The van der Waals surface area contributed by atoms with Crippen LogP contribution in [0, 0.1) is 0 Å². The standard InChI is InChI=1S/C18H32N2/c1-7-14(3)20(8-2)13-17(19)15-9-11-16(12-10-15)18(4,5)6/h9-12,14,17H,7-8,13,19H2,1-6H3. The molecule has 2 nitrogen and oxygen atoms in total. The summed E-state index contributed by atoms with van der Waals surface area (Å²) in [6.45, 7) is 15.4. The maximum Gasteiger partial charge on any atom is 0.0424 e. The van der Waals surface area contributed by atoms with Crippen LogP contribution in [0.5, 0.6) is 0 Å². The number of hydrogen-bond donors (Lipinski definition) is 1. The Kier molecular flexibility index (Phi) is 6.22. The van der Waals surface area contributed by atoms with Crippen molar-refractivity contribution in [3.05, 3.63) is 35.4 Å². The summed E-state index contributed by atoms with van der Waals surface area (Å²) < 4.78 is 0. The molecule has 114 valence electrons. The van der Waals surface area contributed by atoms with Gasteiger partial charge in [0.1, 0.15) is 0 Å². The Balaban J connectivity index is 2.75. The molecule has 0 spiro atoms. The Morgan fingerprint density at radius 3 is 2.05 bits per heavy atom. The SMILES string of the molecule is CCC(C)N(CC)CC(N)c1ccc(C(C)(C)C)cc1. The van der Waals surface area contributed by atoms with E-state index in [0.29, 0.717) is 6.04 Å². The molecule has 2 unspecified atom stereocenters. The molecule has 0 saturated carbocycles. The predicted octanol–water partition coefficient (Wildman–Crippen LogP) is 4.10. The molecule has 0 aromatic heterocycles. The van der Waals surface area contributed by atoms with Gasteiger partial charge in [-0.3, -0.25) is 4.90 Å². The van der Waals surface area contributed by atoms with Crippen molar-refractivity contribution < 1.29 is 0 Å². The van der Waals surface area contributed by atoms with Gasteiger partial charge in [0.15, 0.2) is 0 Å². The Morgan fingerprint density at radius 2 is 1.65 bits per heavy atom. The molecule has 1 aromatic rings. The van der Waals surface area contributed by atoms with Crippen LogP contribution in [0.25, 0.3) is 0 Å². The van der Waals surface area contributed by atoms with E-state index in [-0.39, 0.29) is 11.5 Å². The lowest BCUT2D eigenvalue weighted by Gasteiger charge is -2.30. The first kappa shape index (κ1) is 17.2. The molecule has 1 rings (SSSR count). The molecule has 0 saturated heterocycles. The molecular formula is C18H32N2. The summed E-state index contributed by atoms with van der Waals surface area (Å²) in [7, 11) is 0. The van der Waals surface area contributed by atoms with Gasteiger partial charge in [-0.2, -0.15) is 0 Å². The fraction of sp³-hybridized carbons (Fsp3) is 0.667. The van der Waals surface area contributed by atoms with E-state index in [4.69, 9.17) is 5.73 Å². The van der Waals surface area contributed by atoms with E-state index in [1.165, 1.54) is 17.5 Å². The summed E-state index contributed by atoms with van der Waals surface area (Å²) in [5, 5.41) is 0. The topological polar surface area (TPSA) is 29.3 Å². The molecule has 0 fully saturated rings. The van der Waals surface area contributed by atoms with E-state index in [2.05, 4.69) is 70.7 Å². The van der Waals surface area contributed by atoms with Gasteiger partial charge in [-0.05, 0) is 36.4 Å². The van der Waals surface area contributed by atoms with Crippen LogP contribution in [0.15, 0.2) is 24.3 Å². The number of likely N-dealkylation sites (N-methyl/N-ethyl adjacent to an activating group) is 1. The highest BCUT2D eigenvalue weighted by atomic mass is 15.2. The maximum atomic E-state index is 6.38. The van der Waals surface area contributed by atoms with Gasteiger partial charge in [-0.25, -0.2) is 0 Å². The minimum absolute atomic E-state index is 0.0953. The predicted molar refractivity (Wildman–Crippen MR) is 89.1 cm³/mol. The summed E-state index contributed by atoms with van der Waals surface area (Å²) in [4.78, 5) is 2.46. The maximum absolute atomic E-state index is 6.38. The van der Waals surface area contributed by atoms with Gasteiger partial charge in [0.05, 0.1) is 0 Å². The average molecular weight is 276 g/mol. The van der Waals surface area contributed by atoms with E-state index in [9.17, 15) is 0 Å². The van der Waals surface area contributed by atoms with Crippen LogP contribution in [0.1, 0.15) is 65.1 Å². The molecule has 0 radical (unpaired) electrons. The van der Waals surface area contributed by atoms with Crippen LogP contribution < -0.4 is 5.73 Å². The minimum atomic E-state index is 0.0953. The van der Waals surface area contributed by atoms with E-state index in [1.54, 1.807) is 0 Å². The van der Waals surface area contributed by atoms with Crippen molar-refractivity contribution in [1.82, 2.24) is 4.90 Å². The van der Waals surface area contributed by atoms with Gasteiger partial charge in [0.25, 0.3) is 0 Å². The second-order valence-corrected chi connectivity index (χ2v) is 6.82. The summed E-state index contributed by atoms with van der Waals surface area (Å²) in [5.74, 6) is 0. The van der Waals surface area contributed by atoms with Crippen molar-refractivity contribution in [2.75, 3.05) is 13.1 Å². The Hall–Kier alpha value is -0.860. The third-order valence-corrected chi connectivity index (χ3v) is 4.26. The molecule has 0 aliphatic carbocycles. The molecule has 2 N–H and O–H groups in total. The smallest absolute Gasteiger partial charge is 0.0424 e. The quantitative estimate of drug-likeness (QED) is 0.847. The monoisotopic (exact) mass is 276 g/mol. The third kappa shape index (κ3) is 4.60. The lowest BCUT2D eigenvalue weighted by atomic mass is 9.86. The van der Waals surface area contributed by atoms with Crippen molar-refractivity contribution in [3.8, 4) is 0 Å². The van der Waals surface area contributed by atoms with E-state index in [0.717, 1.165) is 13.1 Å². The summed E-state index contributed by atoms with van der Waals surface area (Å²) in [5.41, 5.74) is 9.18. The highest BCUT2D eigenvalue weighted by Gasteiger charge is 2.17. The van der Waals surface area contributed by atoms with Gasteiger partial charge >= 0.3 is 0 Å². The van der Waals surface area contributed by atoms with Gasteiger partial charge in [0, 0.05) is 18.6 Å². The Bertz CT molecular complexity index is 389. The zero-order chi connectivity index (χ0) is 15.3. The first-order chi connectivity index (χ1) is 9.29. The minimum Gasteiger partial charge on any atom is -0.323 e. The van der Waals surface area contributed by atoms with Crippen LogP contribution >= 0.6 is 0 Å². The van der Waals surface area contributed by atoms with E-state index in [1.807, 2.05) is 0 Å². The van der Waals surface area contributed by atoms with Crippen molar-refractivity contribution in [1.29, 1.82) is 0 Å². The second kappa shape index (κ2) is 7.24. The zero-order valence-corrected chi connectivity index (χ0v) is 14.1. The molecule has 20 heavy (non-hydrogen) atoms. The molecule has 0 amide bonds. The fourth-order valence-corrected chi connectivity index (χ4v) is 2.47. The summed E-state index contributed by atoms with van der Waals surface area (Å²) in [6, 6.07) is 9.51. The molecule has 1 aromatic carbocycles. The lowest BCUT2D eigenvalue weighted by Crippen LogP contribution is -2.38. The molecule has 0 aliphatic heterocycles. The largest absolute Gasteiger partial charge is 0.323 e. The van der Waals surface area contributed by atoms with Gasteiger partial charge < -0.3 is 5.73 Å². The zero-order valence-electron chi connectivity index (χ0n) is 14.1. The van der Waals surface area contributed by atoms with Crippen molar-refractivity contribution >= 4 is 0 Å². The first-order valence-corrected chi connectivity index (χ1v) is 7.89. The Morgan fingerprint density at radius 1 is 1.10 bits per heavy atom.